The average molecular weight is 203 g/mol. The van der Waals surface area contributed by atoms with Gasteiger partial charge in [0.05, 0.1) is 37.0 Å². The summed E-state index contributed by atoms with van der Waals surface area (Å²) in [6.45, 7) is 1.74. The first-order chi connectivity index (χ1) is 6.57. The number of fused-ring (bicyclic) bond motifs is 1. The Morgan fingerprint density at radius 1 is 1.21 bits per heavy atom. The molecule has 0 radical (unpaired) electrons. The average Bonchev–Trinajstić information content (AvgIpc) is 2.55. The highest BCUT2D eigenvalue weighted by molar-refractivity contribution is 5.09. The zero-order valence-electron chi connectivity index (χ0n) is 8.11. The Balaban J connectivity index is 2.25. The quantitative estimate of drug-likeness (QED) is 0.392. The topological polar surface area (TPSA) is 84.2 Å². The van der Waals surface area contributed by atoms with Crippen molar-refractivity contribution in [3.63, 3.8) is 0 Å². The van der Waals surface area contributed by atoms with Crippen LogP contribution in [0.2, 0.25) is 0 Å². The van der Waals surface area contributed by atoms with Crippen LogP contribution < -0.4 is 0 Å². The number of aliphatic hydroxyl groups is 4. The number of rotatable bonds is 1. The van der Waals surface area contributed by atoms with Gasteiger partial charge in [-0.25, -0.2) is 0 Å². The predicted molar refractivity (Wildman–Crippen MR) is 48.6 cm³/mol. The molecule has 0 saturated carbocycles. The van der Waals surface area contributed by atoms with Crippen LogP contribution in [-0.2, 0) is 0 Å². The zero-order valence-corrected chi connectivity index (χ0v) is 8.11. The lowest BCUT2D eigenvalue weighted by Crippen LogP contribution is -2.43. The van der Waals surface area contributed by atoms with Gasteiger partial charge in [0.15, 0.2) is 0 Å². The van der Waals surface area contributed by atoms with Gasteiger partial charge >= 0.3 is 0 Å². The summed E-state index contributed by atoms with van der Waals surface area (Å²) in [4.78, 5) is 1.83. The van der Waals surface area contributed by atoms with Crippen LogP contribution in [0.4, 0.5) is 0 Å². The smallest absolute Gasteiger partial charge is 0.0995 e. The van der Waals surface area contributed by atoms with E-state index < -0.39 is 30.4 Å². The lowest BCUT2D eigenvalue weighted by atomic mass is 10.0. The second kappa shape index (κ2) is 3.43. The van der Waals surface area contributed by atoms with Crippen molar-refractivity contribution in [1.82, 2.24) is 4.90 Å². The highest BCUT2D eigenvalue weighted by Crippen LogP contribution is 2.37. The van der Waals surface area contributed by atoms with Crippen molar-refractivity contribution in [2.45, 2.75) is 49.8 Å². The second-order valence-electron chi connectivity index (χ2n) is 4.32. The summed E-state index contributed by atoms with van der Waals surface area (Å²) < 4.78 is 0. The van der Waals surface area contributed by atoms with Gasteiger partial charge in [-0.15, -0.1) is 0 Å². The van der Waals surface area contributed by atoms with E-state index in [0.717, 1.165) is 0 Å². The molecule has 2 aliphatic heterocycles. The van der Waals surface area contributed by atoms with Gasteiger partial charge in [-0.05, 0) is 13.3 Å². The van der Waals surface area contributed by atoms with E-state index >= 15 is 0 Å². The van der Waals surface area contributed by atoms with Crippen LogP contribution in [0.25, 0.3) is 0 Å². The van der Waals surface area contributed by atoms with E-state index in [4.69, 9.17) is 5.11 Å². The van der Waals surface area contributed by atoms with Gasteiger partial charge in [0.25, 0.3) is 0 Å². The van der Waals surface area contributed by atoms with E-state index in [2.05, 4.69) is 0 Å². The third-order valence-electron chi connectivity index (χ3n) is 3.49. The molecule has 2 aliphatic rings. The highest BCUT2D eigenvalue weighted by atomic mass is 16.3. The molecular weight excluding hydrogens is 186 g/mol. The van der Waals surface area contributed by atoms with Crippen molar-refractivity contribution in [3.05, 3.63) is 0 Å². The molecule has 14 heavy (non-hydrogen) atoms. The van der Waals surface area contributed by atoms with Crippen molar-refractivity contribution in [1.29, 1.82) is 0 Å². The normalized spacial score (nSPS) is 53.8. The number of nitrogens with zero attached hydrogens (tertiary/aromatic N) is 1. The Morgan fingerprint density at radius 3 is 2.43 bits per heavy atom. The summed E-state index contributed by atoms with van der Waals surface area (Å²) in [5.74, 6) is 0. The summed E-state index contributed by atoms with van der Waals surface area (Å²) >= 11 is 0. The van der Waals surface area contributed by atoms with E-state index in [1.165, 1.54) is 0 Å². The minimum Gasteiger partial charge on any atom is -0.395 e. The third kappa shape index (κ3) is 1.20. The second-order valence-corrected chi connectivity index (χ2v) is 4.32. The largest absolute Gasteiger partial charge is 0.395 e. The van der Waals surface area contributed by atoms with Gasteiger partial charge in [-0.2, -0.15) is 0 Å². The fourth-order valence-electron chi connectivity index (χ4n) is 2.86. The minimum atomic E-state index is -0.956. The molecule has 0 aromatic heterocycles. The Kier molecular flexibility index (Phi) is 2.53. The molecule has 6 atom stereocenters. The van der Waals surface area contributed by atoms with Gasteiger partial charge in [0.1, 0.15) is 0 Å². The third-order valence-corrected chi connectivity index (χ3v) is 3.49. The van der Waals surface area contributed by atoms with Crippen LogP contribution in [0.1, 0.15) is 13.3 Å². The van der Waals surface area contributed by atoms with Crippen molar-refractivity contribution >= 4 is 0 Å². The molecule has 5 nitrogen and oxygen atoms in total. The molecule has 0 aromatic carbocycles. The Labute approximate surface area is 82.6 Å². The first-order valence-electron chi connectivity index (χ1n) is 5.00. The van der Waals surface area contributed by atoms with Gasteiger partial charge in [-0.1, -0.05) is 0 Å². The van der Waals surface area contributed by atoms with E-state index in [-0.39, 0.29) is 12.6 Å². The van der Waals surface area contributed by atoms with Gasteiger partial charge < -0.3 is 20.4 Å². The van der Waals surface area contributed by atoms with Crippen LogP contribution in [0.5, 0.6) is 0 Å². The van der Waals surface area contributed by atoms with Crippen molar-refractivity contribution in [3.8, 4) is 0 Å². The van der Waals surface area contributed by atoms with E-state index in [1.807, 2.05) is 11.8 Å². The van der Waals surface area contributed by atoms with Crippen LogP contribution in [0, 0.1) is 0 Å². The van der Waals surface area contributed by atoms with Crippen LogP contribution in [0.15, 0.2) is 0 Å². The molecule has 2 fully saturated rings. The maximum absolute atomic E-state index is 9.69. The van der Waals surface area contributed by atoms with Crippen LogP contribution in [-0.4, -0.2) is 68.4 Å². The molecule has 0 amide bonds. The van der Waals surface area contributed by atoms with E-state index in [1.54, 1.807) is 0 Å². The maximum atomic E-state index is 9.69. The maximum Gasteiger partial charge on any atom is 0.0995 e. The summed E-state index contributed by atoms with van der Waals surface area (Å²) in [5.41, 5.74) is 0. The van der Waals surface area contributed by atoms with Gasteiger partial charge in [0, 0.05) is 6.04 Å². The lowest BCUT2D eigenvalue weighted by Gasteiger charge is -2.27. The molecular formula is C9H17NO4. The number of hydrogen-bond donors (Lipinski definition) is 4. The highest BCUT2D eigenvalue weighted by Gasteiger charge is 2.55. The first kappa shape index (κ1) is 10.3. The first-order valence-corrected chi connectivity index (χ1v) is 5.00. The molecule has 5 heteroatoms. The van der Waals surface area contributed by atoms with Crippen LogP contribution in [0.3, 0.4) is 0 Å². The molecule has 0 spiro atoms. The Bertz CT molecular complexity index is 225. The fraction of sp³-hybridized carbons (Fsp3) is 1.00. The van der Waals surface area contributed by atoms with Crippen molar-refractivity contribution < 1.29 is 20.4 Å². The van der Waals surface area contributed by atoms with E-state index in [9.17, 15) is 15.3 Å². The molecule has 0 unspecified atom stereocenters. The van der Waals surface area contributed by atoms with E-state index in [0.29, 0.717) is 6.42 Å². The zero-order chi connectivity index (χ0) is 10.5. The fourth-order valence-corrected chi connectivity index (χ4v) is 2.86. The monoisotopic (exact) mass is 203 g/mol. The van der Waals surface area contributed by atoms with Crippen molar-refractivity contribution in [2.75, 3.05) is 6.61 Å². The molecule has 82 valence electrons. The Hall–Kier alpha value is -0.200. The molecule has 0 bridgehead atoms. The predicted octanol–water partition coefficient (Wildman–Crippen LogP) is -2.09. The van der Waals surface area contributed by atoms with Gasteiger partial charge in [-0.3, -0.25) is 4.90 Å². The molecule has 0 aromatic rings. The molecule has 2 rings (SSSR count). The summed E-state index contributed by atoms with van der Waals surface area (Å²) in [6, 6.07) is -0.766. The summed E-state index contributed by atoms with van der Waals surface area (Å²) in [7, 11) is 0. The molecule has 2 heterocycles. The standard InChI is InChI=1S/C9H17NO4/c1-4-2-6(12)7-9(14)8(13)5(3-11)10(4)7/h4-9,11-14H,2-3H2,1H3/t4-,5-,6+,7-,8-,9-/m1/s1. The van der Waals surface area contributed by atoms with Crippen molar-refractivity contribution in [2.24, 2.45) is 0 Å². The van der Waals surface area contributed by atoms with Crippen LogP contribution >= 0.6 is 0 Å². The number of aliphatic hydroxyl groups excluding tert-OH is 4. The molecule has 0 aliphatic carbocycles. The minimum absolute atomic E-state index is 0.0962. The summed E-state index contributed by atoms with van der Waals surface area (Å²) in [6.07, 6.45) is -1.92. The Morgan fingerprint density at radius 2 is 1.86 bits per heavy atom. The number of hydrogen-bond acceptors (Lipinski definition) is 5. The molecule has 2 saturated heterocycles. The molecule has 4 N–H and O–H groups in total. The summed E-state index contributed by atoms with van der Waals surface area (Å²) in [5, 5.41) is 38.1. The van der Waals surface area contributed by atoms with Gasteiger partial charge in [0.2, 0.25) is 0 Å². The lowest BCUT2D eigenvalue weighted by molar-refractivity contribution is -0.00155. The SMILES string of the molecule is C[C@@H]1C[C@H](O)[C@@H]2[C@@H](O)[C@H](O)[C@@H](CO)N21.